The molecule has 2 N–H and O–H groups in total. The van der Waals surface area contributed by atoms with Gasteiger partial charge < -0.3 is 5.73 Å². The van der Waals surface area contributed by atoms with Crippen molar-refractivity contribution in [2.24, 2.45) is 0 Å². The highest BCUT2D eigenvalue weighted by molar-refractivity contribution is 8.01. The van der Waals surface area contributed by atoms with E-state index in [1.807, 2.05) is 30.0 Å². The summed E-state index contributed by atoms with van der Waals surface area (Å²) in [7, 11) is 0. The summed E-state index contributed by atoms with van der Waals surface area (Å²) in [6.45, 7) is 0. The lowest BCUT2D eigenvalue weighted by molar-refractivity contribution is 1.18. The molecule has 1 aliphatic heterocycles. The van der Waals surface area contributed by atoms with Crippen LogP contribution in [-0.2, 0) is 6.42 Å². The minimum atomic E-state index is 0.766. The lowest BCUT2D eigenvalue weighted by atomic mass is 10.0. The fourth-order valence-electron chi connectivity index (χ4n) is 2.01. The Labute approximate surface area is 108 Å². The zero-order valence-corrected chi connectivity index (χ0v) is 10.9. The van der Waals surface area contributed by atoms with Crippen molar-refractivity contribution < 1.29 is 0 Å². The number of rotatable bonds is 1. The molecule has 0 aliphatic carbocycles. The van der Waals surface area contributed by atoms with E-state index in [1.54, 1.807) is 11.3 Å². The molecule has 0 atom stereocenters. The Morgan fingerprint density at radius 1 is 1.31 bits per heavy atom. The van der Waals surface area contributed by atoms with Gasteiger partial charge in [-0.1, -0.05) is 23.7 Å². The second-order valence-corrected chi connectivity index (χ2v) is 6.57. The van der Waals surface area contributed by atoms with Gasteiger partial charge in [-0.25, -0.2) is 0 Å². The van der Waals surface area contributed by atoms with Crippen LogP contribution in [0.2, 0.25) is 5.02 Å². The molecule has 4 heteroatoms. The highest BCUT2D eigenvalue weighted by Gasteiger charge is 2.22. The number of thioether (sulfide) groups is 1. The van der Waals surface area contributed by atoms with Crippen LogP contribution in [0.25, 0.3) is 11.1 Å². The number of fused-ring (bicyclic) bond motifs is 1. The first kappa shape index (κ1) is 10.5. The van der Waals surface area contributed by atoms with Crippen molar-refractivity contribution in [3.8, 4) is 11.1 Å². The highest BCUT2D eigenvalue weighted by Crippen LogP contribution is 2.48. The summed E-state index contributed by atoms with van der Waals surface area (Å²) in [5, 5.41) is 1.68. The minimum absolute atomic E-state index is 0.766. The standard InChI is InChI=1S/C12H10ClNS2/c13-8-3-1-2-7(6-8)10-9-4-5-15-12(9)16-11(10)14/h1-3,6H,4-5,14H2. The number of nitrogen functional groups attached to an aromatic ring is 1. The summed E-state index contributed by atoms with van der Waals surface area (Å²) >= 11 is 9.63. The third-order valence-electron chi connectivity index (χ3n) is 2.70. The molecule has 0 saturated carbocycles. The van der Waals surface area contributed by atoms with Gasteiger partial charge in [0.25, 0.3) is 0 Å². The van der Waals surface area contributed by atoms with Crippen molar-refractivity contribution in [1.29, 1.82) is 0 Å². The lowest BCUT2D eigenvalue weighted by Crippen LogP contribution is -1.89. The Kier molecular flexibility index (Phi) is 2.62. The number of thiophene rings is 1. The Morgan fingerprint density at radius 2 is 2.19 bits per heavy atom. The van der Waals surface area contributed by atoms with Crippen LogP contribution in [0.15, 0.2) is 28.5 Å². The van der Waals surface area contributed by atoms with Gasteiger partial charge >= 0.3 is 0 Å². The molecule has 3 rings (SSSR count). The molecule has 0 saturated heterocycles. The molecule has 2 aromatic rings. The number of hydrogen-bond donors (Lipinski definition) is 1. The van der Waals surface area contributed by atoms with Crippen LogP contribution >= 0.6 is 34.7 Å². The predicted molar refractivity (Wildman–Crippen MR) is 73.6 cm³/mol. The highest BCUT2D eigenvalue weighted by atomic mass is 35.5. The molecule has 0 fully saturated rings. The number of hydrogen-bond acceptors (Lipinski definition) is 3. The average Bonchev–Trinajstić information content (AvgIpc) is 2.76. The van der Waals surface area contributed by atoms with Crippen LogP contribution in [0, 0.1) is 0 Å². The molecule has 0 unspecified atom stereocenters. The zero-order chi connectivity index (χ0) is 11.1. The normalized spacial score (nSPS) is 14.1. The average molecular weight is 268 g/mol. The maximum absolute atomic E-state index is 6.10. The van der Waals surface area contributed by atoms with Crippen molar-refractivity contribution in [2.75, 3.05) is 11.5 Å². The van der Waals surface area contributed by atoms with Gasteiger partial charge in [0.15, 0.2) is 0 Å². The molecule has 0 amide bonds. The molecule has 0 spiro atoms. The van der Waals surface area contributed by atoms with Crippen molar-refractivity contribution in [3.05, 3.63) is 34.9 Å². The SMILES string of the molecule is Nc1sc2c(c1-c1cccc(Cl)c1)CCS2. The van der Waals surface area contributed by atoms with Crippen LogP contribution < -0.4 is 5.73 Å². The number of nitrogens with two attached hydrogens (primary N) is 1. The van der Waals surface area contributed by atoms with E-state index in [0.29, 0.717) is 0 Å². The van der Waals surface area contributed by atoms with Crippen LogP contribution in [0.4, 0.5) is 5.00 Å². The number of benzene rings is 1. The van der Waals surface area contributed by atoms with E-state index in [4.69, 9.17) is 17.3 Å². The molecule has 16 heavy (non-hydrogen) atoms. The van der Waals surface area contributed by atoms with E-state index in [-0.39, 0.29) is 0 Å². The van der Waals surface area contributed by atoms with Gasteiger partial charge in [-0.05, 0) is 29.7 Å². The summed E-state index contributed by atoms with van der Waals surface area (Å²) in [6.07, 6.45) is 1.12. The summed E-state index contributed by atoms with van der Waals surface area (Å²) in [6, 6.07) is 7.93. The van der Waals surface area contributed by atoms with Gasteiger partial charge in [0, 0.05) is 16.3 Å². The minimum Gasteiger partial charge on any atom is -0.390 e. The summed E-state index contributed by atoms with van der Waals surface area (Å²) in [5.41, 5.74) is 9.85. The van der Waals surface area contributed by atoms with Crippen molar-refractivity contribution in [2.45, 2.75) is 10.6 Å². The number of halogens is 1. The van der Waals surface area contributed by atoms with E-state index < -0.39 is 0 Å². The predicted octanol–water partition coefficient (Wildman–Crippen LogP) is 4.30. The molecule has 1 nitrogen and oxygen atoms in total. The second kappa shape index (κ2) is 3.99. The van der Waals surface area contributed by atoms with Crippen molar-refractivity contribution in [1.82, 2.24) is 0 Å². The van der Waals surface area contributed by atoms with E-state index in [9.17, 15) is 0 Å². The summed E-state index contributed by atoms with van der Waals surface area (Å²) in [5.74, 6) is 1.18. The maximum atomic E-state index is 6.10. The van der Waals surface area contributed by atoms with Gasteiger partial charge in [-0.3, -0.25) is 0 Å². The third-order valence-corrected chi connectivity index (χ3v) is 5.31. The molecule has 1 aliphatic rings. The Hall–Kier alpha value is -0.640. The Balaban J connectivity index is 2.19. The second-order valence-electron chi connectivity index (χ2n) is 3.72. The molecule has 1 aromatic carbocycles. The molecule has 0 radical (unpaired) electrons. The smallest absolute Gasteiger partial charge is 0.0950 e. The van der Waals surface area contributed by atoms with Crippen molar-refractivity contribution >= 4 is 39.7 Å². The van der Waals surface area contributed by atoms with Crippen LogP contribution in [0.3, 0.4) is 0 Å². The molecule has 0 bridgehead atoms. The maximum Gasteiger partial charge on any atom is 0.0950 e. The molecule has 1 aromatic heterocycles. The van der Waals surface area contributed by atoms with Gasteiger partial charge in [0.05, 0.1) is 9.21 Å². The van der Waals surface area contributed by atoms with E-state index in [2.05, 4.69) is 6.07 Å². The van der Waals surface area contributed by atoms with E-state index in [1.165, 1.54) is 21.1 Å². The first-order valence-corrected chi connectivity index (χ1v) is 7.23. The topological polar surface area (TPSA) is 26.0 Å². The summed E-state index contributed by atoms with van der Waals surface area (Å²) in [4.78, 5) is 0. The molecular weight excluding hydrogens is 258 g/mol. The third kappa shape index (κ3) is 1.63. The van der Waals surface area contributed by atoms with Crippen LogP contribution in [0.5, 0.6) is 0 Å². The first-order chi connectivity index (χ1) is 7.75. The largest absolute Gasteiger partial charge is 0.390 e. The van der Waals surface area contributed by atoms with Gasteiger partial charge in [0.1, 0.15) is 0 Å². The molecule has 2 heterocycles. The molecule has 82 valence electrons. The van der Waals surface area contributed by atoms with E-state index >= 15 is 0 Å². The van der Waals surface area contributed by atoms with Crippen LogP contribution in [-0.4, -0.2) is 5.75 Å². The van der Waals surface area contributed by atoms with Gasteiger partial charge in [-0.15, -0.1) is 23.1 Å². The molecular formula is C12H10ClNS2. The quantitative estimate of drug-likeness (QED) is 0.834. The monoisotopic (exact) mass is 267 g/mol. The fraction of sp³-hybridized carbons (Fsp3) is 0.167. The number of anilines is 1. The fourth-order valence-corrected chi connectivity index (χ4v) is 4.70. The Bertz CT molecular complexity index is 548. The van der Waals surface area contributed by atoms with Gasteiger partial charge in [0.2, 0.25) is 0 Å². The Morgan fingerprint density at radius 3 is 3.00 bits per heavy atom. The lowest BCUT2D eigenvalue weighted by Gasteiger charge is -2.04. The first-order valence-electron chi connectivity index (χ1n) is 5.05. The van der Waals surface area contributed by atoms with Crippen molar-refractivity contribution in [3.63, 3.8) is 0 Å². The van der Waals surface area contributed by atoms with E-state index in [0.717, 1.165) is 22.0 Å². The van der Waals surface area contributed by atoms with Gasteiger partial charge in [-0.2, -0.15) is 0 Å². The summed E-state index contributed by atoms with van der Waals surface area (Å²) < 4.78 is 1.38. The zero-order valence-electron chi connectivity index (χ0n) is 8.50. The van der Waals surface area contributed by atoms with Crippen LogP contribution in [0.1, 0.15) is 5.56 Å².